The number of fused-ring (bicyclic) bond motifs is 4. The smallest absolute Gasteiger partial charge is 0.189 e. The summed E-state index contributed by atoms with van der Waals surface area (Å²) < 4.78 is 5.70. The van der Waals surface area contributed by atoms with Crippen molar-refractivity contribution in [1.82, 2.24) is 20.3 Å². The third-order valence-corrected chi connectivity index (χ3v) is 8.43. The van der Waals surface area contributed by atoms with Gasteiger partial charge in [-0.3, -0.25) is 0 Å². The van der Waals surface area contributed by atoms with E-state index in [4.69, 9.17) is 4.52 Å². The van der Waals surface area contributed by atoms with Gasteiger partial charge in [0.25, 0.3) is 0 Å². The Labute approximate surface area is 218 Å². The Kier molecular flexibility index (Phi) is 5.97. The molecule has 2 aromatic carbocycles. The first-order valence-corrected chi connectivity index (χ1v) is 13.8. The minimum absolute atomic E-state index is 0.638. The normalized spacial score (nSPS) is 19.4. The SMILES string of the molecule is c1ccc2c(c1)CCCc1cc(-c3cc(Nc4ccc5c(c4)CC[C@@H](N4CCCC4)CC5)no3)nnc1-2. The molecule has 0 saturated carbocycles. The van der Waals surface area contributed by atoms with Gasteiger partial charge in [0.05, 0.1) is 5.69 Å². The molecule has 1 N–H and O–H groups in total. The van der Waals surface area contributed by atoms with Gasteiger partial charge in [0, 0.05) is 23.4 Å². The monoisotopic (exact) mass is 491 g/mol. The van der Waals surface area contributed by atoms with Crippen molar-refractivity contribution in [3.8, 4) is 22.7 Å². The van der Waals surface area contributed by atoms with Crippen molar-refractivity contribution in [2.75, 3.05) is 18.4 Å². The lowest BCUT2D eigenvalue weighted by atomic mass is 10.0. The van der Waals surface area contributed by atoms with E-state index >= 15 is 0 Å². The van der Waals surface area contributed by atoms with Crippen LogP contribution in [-0.4, -0.2) is 39.4 Å². The van der Waals surface area contributed by atoms with Crippen LogP contribution in [0.1, 0.15) is 54.4 Å². The molecule has 3 heterocycles. The van der Waals surface area contributed by atoms with Crippen molar-refractivity contribution >= 4 is 11.5 Å². The van der Waals surface area contributed by atoms with Crippen LogP contribution >= 0.6 is 0 Å². The second kappa shape index (κ2) is 9.75. The topological polar surface area (TPSA) is 67.1 Å². The van der Waals surface area contributed by atoms with Crippen LogP contribution in [-0.2, 0) is 25.7 Å². The molecule has 4 aromatic rings. The van der Waals surface area contributed by atoms with Gasteiger partial charge in [0.1, 0.15) is 5.69 Å². The fourth-order valence-corrected chi connectivity index (χ4v) is 6.45. The van der Waals surface area contributed by atoms with Crippen LogP contribution in [0.3, 0.4) is 0 Å². The molecule has 0 unspecified atom stereocenters. The van der Waals surface area contributed by atoms with Crippen molar-refractivity contribution in [3.05, 3.63) is 76.9 Å². The molecule has 1 aliphatic heterocycles. The summed E-state index contributed by atoms with van der Waals surface area (Å²) in [4.78, 5) is 2.71. The van der Waals surface area contributed by atoms with Crippen LogP contribution in [0.15, 0.2) is 59.1 Å². The third kappa shape index (κ3) is 4.55. The molecule has 2 aromatic heterocycles. The third-order valence-electron chi connectivity index (χ3n) is 8.43. The number of likely N-dealkylation sites (tertiary alicyclic amines) is 1. The van der Waals surface area contributed by atoms with Crippen molar-refractivity contribution in [2.24, 2.45) is 0 Å². The number of aromatic nitrogens is 3. The predicted molar refractivity (Wildman–Crippen MR) is 146 cm³/mol. The second-order valence-electron chi connectivity index (χ2n) is 10.8. The number of benzene rings is 2. The fraction of sp³-hybridized carbons (Fsp3) is 0.387. The van der Waals surface area contributed by atoms with E-state index in [1.807, 2.05) is 6.07 Å². The molecular weight excluding hydrogens is 458 g/mol. The molecular formula is C31H33N5O. The molecule has 3 aliphatic rings. The standard InChI is InChI=1S/C31H33N5O/c1-2-9-27-22(6-1)7-5-8-24-19-28(33-34-31(24)27)29-20-30(35-37-29)32-25-13-10-21-11-14-26(15-12-23(21)18-25)36-16-3-4-17-36/h1-2,6,9-10,13,18-20,26H,3-5,7-8,11-12,14-17H2,(H,32,35)/t26-/m0/s1. The molecule has 1 atom stereocenters. The fourth-order valence-electron chi connectivity index (χ4n) is 6.45. The zero-order valence-corrected chi connectivity index (χ0v) is 21.2. The van der Waals surface area contributed by atoms with E-state index in [1.54, 1.807) is 0 Å². The first-order chi connectivity index (χ1) is 18.3. The molecule has 0 radical (unpaired) electrons. The maximum Gasteiger partial charge on any atom is 0.189 e. The van der Waals surface area contributed by atoms with Crippen LogP contribution in [0.25, 0.3) is 22.7 Å². The van der Waals surface area contributed by atoms with E-state index in [2.05, 4.69) is 74.1 Å². The summed E-state index contributed by atoms with van der Waals surface area (Å²) in [6.07, 6.45) is 10.7. The van der Waals surface area contributed by atoms with Gasteiger partial charge in [-0.1, -0.05) is 35.5 Å². The molecule has 1 fully saturated rings. The highest BCUT2D eigenvalue weighted by molar-refractivity contribution is 5.70. The van der Waals surface area contributed by atoms with E-state index in [-0.39, 0.29) is 0 Å². The minimum Gasteiger partial charge on any atom is -0.352 e. The Bertz CT molecular complexity index is 1420. The molecule has 6 nitrogen and oxygen atoms in total. The van der Waals surface area contributed by atoms with Crippen molar-refractivity contribution < 1.29 is 4.52 Å². The van der Waals surface area contributed by atoms with Gasteiger partial charge in [-0.25, -0.2) is 0 Å². The summed E-state index contributed by atoms with van der Waals surface area (Å²) in [5.74, 6) is 1.33. The van der Waals surface area contributed by atoms with Gasteiger partial charge >= 0.3 is 0 Å². The predicted octanol–water partition coefficient (Wildman–Crippen LogP) is 6.37. The summed E-state index contributed by atoms with van der Waals surface area (Å²) in [5, 5.41) is 16.9. The first kappa shape index (κ1) is 22.7. The van der Waals surface area contributed by atoms with Crippen LogP contribution in [0.2, 0.25) is 0 Å². The van der Waals surface area contributed by atoms with E-state index in [1.165, 1.54) is 73.0 Å². The van der Waals surface area contributed by atoms with Gasteiger partial charge in [-0.2, -0.15) is 0 Å². The second-order valence-corrected chi connectivity index (χ2v) is 10.8. The van der Waals surface area contributed by atoms with Crippen LogP contribution in [0.4, 0.5) is 11.5 Å². The Balaban J connectivity index is 1.08. The summed E-state index contributed by atoms with van der Waals surface area (Å²) in [6, 6.07) is 20.1. The van der Waals surface area contributed by atoms with Crippen LogP contribution < -0.4 is 5.32 Å². The van der Waals surface area contributed by atoms with Gasteiger partial charge in [0.15, 0.2) is 11.6 Å². The Morgan fingerprint density at radius 2 is 1.59 bits per heavy atom. The van der Waals surface area contributed by atoms with E-state index in [0.717, 1.165) is 48.8 Å². The number of hydrogen-bond acceptors (Lipinski definition) is 6. The summed E-state index contributed by atoms with van der Waals surface area (Å²) in [6.45, 7) is 2.56. The van der Waals surface area contributed by atoms with Crippen molar-refractivity contribution in [1.29, 1.82) is 0 Å². The molecule has 7 rings (SSSR count). The maximum atomic E-state index is 5.70. The Hall–Kier alpha value is -3.51. The number of nitrogens with one attached hydrogen (secondary N) is 1. The largest absolute Gasteiger partial charge is 0.352 e. The molecule has 0 bridgehead atoms. The number of anilines is 2. The highest BCUT2D eigenvalue weighted by atomic mass is 16.5. The average Bonchev–Trinajstić information content (AvgIpc) is 3.54. The number of rotatable bonds is 4. The van der Waals surface area contributed by atoms with Crippen molar-refractivity contribution in [2.45, 2.75) is 63.8 Å². The Morgan fingerprint density at radius 1 is 0.757 bits per heavy atom. The van der Waals surface area contributed by atoms with Crippen LogP contribution in [0, 0.1) is 0 Å². The zero-order valence-electron chi connectivity index (χ0n) is 21.2. The summed E-state index contributed by atoms with van der Waals surface area (Å²) in [7, 11) is 0. The van der Waals surface area contributed by atoms with E-state index in [0.29, 0.717) is 11.6 Å². The van der Waals surface area contributed by atoms with E-state index in [9.17, 15) is 0 Å². The molecule has 6 heteroatoms. The number of aryl methyl sites for hydroxylation is 4. The van der Waals surface area contributed by atoms with E-state index < -0.39 is 0 Å². The number of hydrogen-bond donors (Lipinski definition) is 1. The highest BCUT2D eigenvalue weighted by Crippen LogP contribution is 2.33. The molecule has 37 heavy (non-hydrogen) atoms. The van der Waals surface area contributed by atoms with Crippen molar-refractivity contribution in [3.63, 3.8) is 0 Å². The molecule has 188 valence electrons. The molecule has 0 spiro atoms. The first-order valence-electron chi connectivity index (χ1n) is 13.8. The van der Waals surface area contributed by atoms with Gasteiger partial charge in [0.2, 0.25) is 0 Å². The lowest BCUT2D eigenvalue weighted by Crippen LogP contribution is -2.32. The summed E-state index contributed by atoms with van der Waals surface area (Å²) >= 11 is 0. The summed E-state index contributed by atoms with van der Waals surface area (Å²) in [5.41, 5.74) is 9.51. The zero-order chi connectivity index (χ0) is 24.6. The lowest BCUT2D eigenvalue weighted by molar-refractivity contribution is 0.222. The number of nitrogens with zero attached hydrogens (tertiary/aromatic N) is 4. The van der Waals surface area contributed by atoms with Gasteiger partial charge in [-0.05, 0) is 111 Å². The maximum absolute atomic E-state index is 5.70. The lowest BCUT2D eigenvalue weighted by Gasteiger charge is -2.25. The Morgan fingerprint density at radius 3 is 2.51 bits per heavy atom. The van der Waals surface area contributed by atoms with Gasteiger partial charge < -0.3 is 14.7 Å². The molecule has 0 amide bonds. The quantitative estimate of drug-likeness (QED) is 0.334. The average molecular weight is 492 g/mol. The molecule has 1 saturated heterocycles. The van der Waals surface area contributed by atoms with Gasteiger partial charge in [-0.15, -0.1) is 10.2 Å². The molecule has 2 aliphatic carbocycles. The minimum atomic E-state index is 0.638. The van der Waals surface area contributed by atoms with Crippen LogP contribution in [0.5, 0.6) is 0 Å². The highest BCUT2D eigenvalue weighted by Gasteiger charge is 2.24.